The van der Waals surface area contributed by atoms with Crippen LogP contribution in [0, 0.1) is 23.7 Å². The molecule has 1 amide bonds. The smallest absolute Gasteiger partial charge is 0.243 e. The first-order chi connectivity index (χ1) is 13.9. The molecular weight excluding hydrogens is 388 g/mol. The maximum Gasteiger partial charge on any atom is 0.243 e. The van der Waals surface area contributed by atoms with Crippen LogP contribution in [0.4, 0.5) is 0 Å². The zero-order valence-electron chi connectivity index (χ0n) is 17.3. The molecule has 6 nitrogen and oxygen atoms in total. The zero-order valence-corrected chi connectivity index (χ0v) is 18.2. The van der Waals surface area contributed by atoms with Gasteiger partial charge in [-0.05, 0) is 81.0 Å². The highest BCUT2D eigenvalue weighted by Crippen LogP contribution is 2.49. The molecule has 1 aliphatic heterocycles. The van der Waals surface area contributed by atoms with Crippen molar-refractivity contribution in [2.75, 3.05) is 20.2 Å². The monoisotopic (exact) mass is 420 g/mol. The Balaban J connectivity index is 1.30. The van der Waals surface area contributed by atoms with Crippen LogP contribution in [-0.2, 0) is 14.8 Å². The van der Waals surface area contributed by atoms with Crippen LogP contribution in [0.15, 0.2) is 29.2 Å². The Kier molecular flexibility index (Phi) is 5.89. The van der Waals surface area contributed by atoms with E-state index >= 15 is 0 Å². The molecule has 2 aliphatic carbocycles. The van der Waals surface area contributed by atoms with Gasteiger partial charge in [0.1, 0.15) is 5.75 Å². The van der Waals surface area contributed by atoms with E-state index in [0.29, 0.717) is 37.6 Å². The molecular formula is C22H32N2O4S. The third-order valence-electron chi connectivity index (χ3n) is 7.33. The average molecular weight is 421 g/mol. The maximum absolute atomic E-state index is 12.9. The number of carbonyl (C=O) groups excluding carboxylic acids is 1. The topological polar surface area (TPSA) is 75.7 Å². The molecule has 3 fully saturated rings. The minimum atomic E-state index is -3.53. The molecule has 0 aromatic heterocycles. The van der Waals surface area contributed by atoms with Crippen LogP contribution < -0.4 is 10.1 Å². The van der Waals surface area contributed by atoms with Crippen molar-refractivity contribution in [1.29, 1.82) is 0 Å². The number of nitrogens with zero attached hydrogens (tertiary/aromatic N) is 1. The fourth-order valence-corrected chi connectivity index (χ4v) is 7.08. The van der Waals surface area contributed by atoms with Gasteiger partial charge in [0.25, 0.3) is 0 Å². The molecule has 160 valence electrons. The van der Waals surface area contributed by atoms with Gasteiger partial charge in [-0.25, -0.2) is 8.42 Å². The van der Waals surface area contributed by atoms with Crippen molar-refractivity contribution >= 4 is 15.9 Å². The first-order valence-corrected chi connectivity index (χ1v) is 12.3. The molecule has 29 heavy (non-hydrogen) atoms. The Hall–Kier alpha value is -1.60. The van der Waals surface area contributed by atoms with Crippen LogP contribution in [-0.4, -0.2) is 44.9 Å². The number of hydrogen-bond acceptors (Lipinski definition) is 4. The van der Waals surface area contributed by atoms with Gasteiger partial charge in [0.2, 0.25) is 15.9 Å². The molecule has 1 aromatic carbocycles. The highest BCUT2D eigenvalue weighted by atomic mass is 32.2. The van der Waals surface area contributed by atoms with Crippen molar-refractivity contribution in [2.24, 2.45) is 23.7 Å². The van der Waals surface area contributed by atoms with E-state index in [0.717, 1.165) is 11.8 Å². The van der Waals surface area contributed by atoms with Gasteiger partial charge >= 0.3 is 0 Å². The van der Waals surface area contributed by atoms with E-state index in [9.17, 15) is 13.2 Å². The van der Waals surface area contributed by atoms with Crippen LogP contribution in [0.2, 0.25) is 0 Å². The summed E-state index contributed by atoms with van der Waals surface area (Å²) < 4.78 is 32.3. The van der Waals surface area contributed by atoms with Crippen molar-refractivity contribution in [3.05, 3.63) is 24.3 Å². The van der Waals surface area contributed by atoms with Gasteiger partial charge < -0.3 is 10.1 Å². The molecule has 2 bridgehead atoms. The lowest BCUT2D eigenvalue weighted by molar-refractivity contribution is -0.127. The number of ether oxygens (including phenoxy) is 1. The van der Waals surface area contributed by atoms with Crippen LogP contribution in [0.5, 0.6) is 5.75 Å². The summed E-state index contributed by atoms with van der Waals surface area (Å²) in [4.78, 5) is 13.0. The molecule has 0 spiro atoms. The predicted octanol–water partition coefficient (Wildman–Crippen LogP) is 3.04. The molecule has 0 radical (unpaired) electrons. The van der Waals surface area contributed by atoms with Gasteiger partial charge in [0, 0.05) is 25.0 Å². The third kappa shape index (κ3) is 4.17. The van der Waals surface area contributed by atoms with Crippen LogP contribution in [0.25, 0.3) is 0 Å². The Morgan fingerprint density at radius 3 is 2.34 bits per heavy atom. The second kappa shape index (κ2) is 8.26. The average Bonchev–Trinajstić information content (AvgIpc) is 3.37. The standard InChI is InChI=1S/C22H32N2O4S/c1-15(21-14-16-3-4-18(21)13-16)23-22(25)17-9-11-24(12-10-17)29(26,27)20-7-5-19(28-2)6-8-20/h5-8,15-18,21H,3-4,9-14H2,1-2H3,(H,23,25). The Morgan fingerprint density at radius 1 is 1.10 bits per heavy atom. The number of fused-ring (bicyclic) bond motifs is 2. The number of sulfonamides is 1. The lowest BCUT2D eigenvalue weighted by atomic mass is 9.83. The Bertz CT molecular complexity index is 831. The fourth-order valence-electron chi connectivity index (χ4n) is 5.61. The van der Waals surface area contributed by atoms with Crippen LogP contribution in [0.3, 0.4) is 0 Å². The summed E-state index contributed by atoms with van der Waals surface area (Å²) in [5.41, 5.74) is 0. The molecule has 1 N–H and O–H groups in total. The summed E-state index contributed by atoms with van der Waals surface area (Å²) >= 11 is 0. The molecule has 4 atom stereocenters. The van der Waals surface area contributed by atoms with E-state index in [2.05, 4.69) is 12.2 Å². The highest BCUT2D eigenvalue weighted by Gasteiger charge is 2.42. The van der Waals surface area contributed by atoms with E-state index in [4.69, 9.17) is 4.74 Å². The number of hydrogen-bond donors (Lipinski definition) is 1. The minimum Gasteiger partial charge on any atom is -0.497 e. The van der Waals surface area contributed by atoms with E-state index in [-0.39, 0.29) is 22.8 Å². The summed E-state index contributed by atoms with van der Waals surface area (Å²) in [6, 6.07) is 6.68. The van der Waals surface area contributed by atoms with Crippen molar-refractivity contribution in [2.45, 2.75) is 56.4 Å². The summed E-state index contributed by atoms with van der Waals surface area (Å²) in [7, 11) is -1.98. The number of carbonyl (C=O) groups is 1. The summed E-state index contributed by atoms with van der Waals surface area (Å²) in [6.07, 6.45) is 6.42. The lowest BCUT2D eigenvalue weighted by Gasteiger charge is -2.33. The van der Waals surface area contributed by atoms with Crippen molar-refractivity contribution < 1.29 is 17.9 Å². The zero-order chi connectivity index (χ0) is 20.6. The second-order valence-electron chi connectivity index (χ2n) is 8.99. The molecule has 3 aliphatic rings. The number of piperidine rings is 1. The van der Waals surface area contributed by atoms with Crippen molar-refractivity contribution in [3.8, 4) is 5.75 Å². The summed E-state index contributed by atoms with van der Waals surface area (Å²) in [6.45, 7) is 2.91. The first kappa shape index (κ1) is 20.7. The molecule has 1 saturated heterocycles. The van der Waals surface area contributed by atoms with Gasteiger partial charge in [-0.1, -0.05) is 6.42 Å². The highest BCUT2D eigenvalue weighted by molar-refractivity contribution is 7.89. The van der Waals surface area contributed by atoms with Crippen molar-refractivity contribution in [3.63, 3.8) is 0 Å². The number of rotatable bonds is 6. The molecule has 4 rings (SSSR count). The van der Waals surface area contributed by atoms with Crippen LogP contribution in [0.1, 0.15) is 45.4 Å². The number of benzene rings is 1. The number of amides is 1. The fraction of sp³-hybridized carbons (Fsp3) is 0.682. The van der Waals surface area contributed by atoms with Crippen LogP contribution >= 0.6 is 0 Å². The molecule has 2 saturated carbocycles. The SMILES string of the molecule is COc1ccc(S(=O)(=O)N2CCC(C(=O)NC(C)C3CC4CCC3C4)CC2)cc1. The van der Waals surface area contributed by atoms with E-state index in [1.54, 1.807) is 31.4 Å². The molecule has 4 unspecified atom stereocenters. The Morgan fingerprint density at radius 2 is 1.79 bits per heavy atom. The maximum atomic E-state index is 12.9. The van der Waals surface area contributed by atoms with E-state index in [1.165, 1.54) is 30.0 Å². The lowest BCUT2D eigenvalue weighted by Crippen LogP contribution is -2.47. The molecule has 1 aromatic rings. The normalized spacial score (nSPS) is 29.0. The largest absolute Gasteiger partial charge is 0.497 e. The van der Waals surface area contributed by atoms with Gasteiger partial charge in [-0.3, -0.25) is 4.79 Å². The summed E-state index contributed by atoms with van der Waals surface area (Å²) in [5, 5.41) is 3.25. The molecule has 1 heterocycles. The van der Waals surface area contributed by atoms with E-state index in [1.807, 2.05) is 0 Å². The van der Waals surface area contributed by atoms with Gasteiger partial charge in [-0.15, -0.1) is 0 Å². The van der Waals surface area contributed by atoms with Gasteiger partial charge in [0.05, 0.1) is 12.0 Å². The van der Waals surface area contributed by atoms with Gasteiger partial charge in [0.15, 0.2) is 0 Å². The molecule has 7 heteroatoms. The summed E-state index contributed by atoms with van der Waals surface area (Å²) in [5.74, 6) is 2.90. The predicted molar refractivity (Wildman–Crippen MR) is 111 cm³/mol. The quantitative estimate of drug-likeness (QED) is 0.768. The number of methoxy groups -OCH3 is 1. The van der Waals surface area contributed by atoms with E-state index < -0.39 is 10.0 Å². The number of nitrogens with one attached hydrogen (secondary N) is 1. The second-order valence-corrected chi connectivity index (χ2v) is 10.9. The van der Waals surface area contributed by atoms with Crippen molar-refractivity contribution in [1.82, 2.24) is 9.62 Å². The first-order valence-electron chi connectivity index (χ1n) is 10.8. The third-order valence-corrected chi connectivity index (χ3v) is 9.24. The minimum absolute atomic E-state index is 0.0987. The Labute approximate surface area is 174 Å². The van der Waals surface area contributed by atoms with Gasteiger partial charge in [-0.2, -0.15) is 4.31 Å².